The highest BCUT2D eigenvalue weighted by Crippen LogP contribution is 2.00. The van der Waals surface area contributed by atoms with Crippen molar-refractivity contribution >= 4 is 16.0 Å². The number of nitrogens with one attached hydrogen (secondary N) is 2. The van der Waals surface area contributed by atoms with Crippen LogP contribution in [0.5, 0.6) is 0 Å². The second-order valence-corrected chi connectivity index (χ2v) is 5.13. The number of carbonyl (C=O) groups is 1. The van der Waals surface area contributed by atoms with Crippen molar-refractivity contribution in [3.05, 3.63) is 0 Å². The van der Waals surface area contributed by atoms with Crippen molar-refractivity contribution in [1.29, 1.82) is 0 Å². The van der Waals surface area contributed by atoms with Crippen LogP contribution in [0, 0.1) is 0 Å². The summed E-state index contributed by atoms with van der Waals surface area (Å²) in [6.07, 6.45) is 0.752. The molecule has 1 aliphatic heterocycles. The highest BCUT2D eigenvalue weighted by Gasteiger charge is 2.23. The van der Waals surface area contributed by atoms with Crippen molar-refractivity contribution in [3.8, 4) is 0 Å². The van der Waals surface area contributed by atoms with E-state index in [0.717, 1.165) is 13.0 Å². The normalized spacial score (nSPS) is 21.5. The molecule has 1 aliphatic rings. The first-order valence-corrected chi connectivity index (χ1v) is 6.55. The van der Waals surface area contributed by atoms with Crippen molar-refractivity contribution in [3.63, 3.8) is 0 Å². The molecule has 88 valence electrons. The van der Waals surface area contributed by atoms with E-state index in [4.69, 9.17) is 0 Å². The Balaban J connectivity index is 2.40. The van der Waals surface area contributed by atoms with E-state index in [0.29, 0.717) is 6.54 Å². The predicted molar refractivity (Wildman–Crippen MR) is 54.8 cm³/mol. The molecule has 1 heterocycles. The van der Waals surface area contributed by atoms with Crippen LogP contribution in [0.25, 0.3) is 0 Å². The first-order chi connectivity index (χ1) is 7.03. The number of ether oxygens (including phenoxy) is 1. The zero-order valence-corrected chi connectivity index (χ0v) is 9.47. The van der Waals surface area contributed by atoms with E-state index in [1.807, 2.05) is 0 Å². The summed E-state index contributed by atoms with van der Waals surface area (Å²) in [5.41, 5.74) is 0. The third-order valence-electron chi connectivity index (χ3n) is 2.02. The van der Waals surface area contributed by atoms with E-state index >= 15 is 0 Å². The van der Waals surface area contributed by atoms with Crippen LogP contribution in [0.4, 0.5) is 0 Å². The second kappa shape index (κ2) is 5.43. The Morgan fingerprint density at radius 3 is 2.87 bits per heavy atom. The third kappa shape index (κ3) is 4.59. The van der Waals surface area contributed by atoms with E-state index in [9.17, 15) is 13.2 Å². The summed E-state index contributed by atoms with van der Waals surface area (Å²) in [5.74, 6) is -1.31. The van der Waals surface area contributed by atoms with Gasteiger partial charge in [-0.2, -0.15) is 0 Å². The molecule has 1 rings (SSSR count). The fraction of sp³-hybridized carbons (Fsp3) is 0.875. The van der Waals surface area contributed by atoms with Gasteiger partial charge in [0.15, 0.2) is 5.75 Å². The Bertz CT molecular complexity index is 309. The van der Waals surface area contributed by atoms with E-state index in [-0.39, 0.29) is 12.6 Å². The summed E-state index contributed by atoms with van der Waals surface area (Å²) in [6.45, 7) is 3.24. The molecule has 0 bridgehead atoms. The van der Waals surface area contributed by atoms with Crippen molar-refractivity contribution in [2.24, 2.45) is 0 Å². The summed E-state index contributed by atoms with van der Waals surface area (Å²) in [7, 11) is -3.55. The molecule has 0 radical (unpaired) electrons. The Labute approximate surface area is 89.4 Å². The molecule has 1 atom stereocenters. The topological polar surface area (TPSA) is 84.5 Å². The molecule has 15 heavy (non-hydrogen) atoms. The fourth-order valence-electron chi connectivity index (χ4n) is 1.41. The van der Waals surface area contributed by atoms with Crippen LogP contribution < -0.4 is 10.0 Å². The maximum atomic E-state index is 11.4. The summed E-state index contributed by atoms with van der Waals surface area (Å²) >= 11 is 0. The second-order valence-electron chi connectivity index (χ2n) is 3.37. The summed E-state index contributed by atoms with van der Waals surface area (Å²) in [5, 5.41) is 3.03. The largest absolute Gasteiger partial charge is 0.465 e. The summed E-state index contributed by atoms with van der Waals surface area (Å²) in [4.78, 5) is 11.0. The predicted octanol–water partition coefficient (Wildman–Crippen LogP) is -1.17. The van der Waals surface area contributed by atoms with Gasteiger partial charge < -0.3 is 10.1 Å². The summed E-state index contributed by atoms with van der Waals surface area (Å²) < 4.78 is 29.9. The number of carbonyl (C=O) groups excluding carboxylic acids is 1. The van der Waals surface area contributed by atoms with E-state index in [1.54, 1.807) is 6.92 Å². The van der Waals surface area contributed by atoms with Crippen molar-refractivity contribution in [2.45, 2.75) is 19.4 Å². The van der Waals surface area contributed by atoms with Gasteiger partial charge in [-0.1, -0.05) is 0 Å². The lowest BCUT2D eigenvalue weighted by atomic mass is 10.3. The van der Waals surface area contributed by atoms with Crippen LogP contribution in [0.2, 0.25) is 0 Å². The minimum Gasteiger partial charge on any atom is -0.465 e. The van der Waals surface area contributed by atoms with Gasteiger partial charge in [0.25, 0.3) is 0 Å². The van der Waals surface area contributed by atoms with Crippen LogP contribution in [-0.2, 0) is 19.6 Å². The van der Waals surface area contributed by atoms with Gasteiger partial charge in [-0.3, -0.25) is 4.79 Å². The van der Waals surface area contributed by atoms with Crippen LogP contribution in [0.15, 0.2) is 0 Å². The Hall–Kier alpha value is -0.660. The third-order valence-corrected chi connectivity index (χ3v) is 3.33. The Morgan fingerprint density at radius 1 is 1.60 bits per heavy atom. The molecule has 0 saturated carbocycles. The molecule has 0 unspecified atom stereocenters. The lowest BCUT2D eigenvalue weighted by Crippen LogP contribution is -2.39. The fourth-order valence-corrected chi connectivity index (χ4v) is 2.59. The molecule has 7 heteroatoms. The molecule has 0 aromatic carbocycles. The van der Waals surface area contributed by atoms with E-state index < -0.39 is 21.7 Å². The van der Waals surface area contributed by atoms with Gasteiger partial charge in [0.1, 0.15) is 0 Å². The summed E-state index contributed by atoms with van der Waals surface area (Å²) in [6, 6.07) is -0.107. The van der Waals surface area contributed by atoms with Gasteiger partial charge in [-0.15, -0.1) is 0 Å². The maximum Gasteiger partial charge on any atom is 0.322 e. The molecule has 0 aliphatic carbocycles. The monoisotopic (exact) mass is 236 g/mol. The SMILES string of the molecule is CCOC(=O)CS(=O)(=O)N[C@H]1CCNC1. The van der Waals surface area contributed by atoms with Crippen molar-refractivity contribution in [2.75, 3.05) is 25.4 Å². The molecule has 1 saturated heterocycles. The lowest BCUT2D eigenvalue weighted by molar-refractivity contribution is -0.139. The molecular formula is C8H16N2O4S. The average Bonchev–Trinajstić information content (AvgIpc) is 2.54. The van der Waals surface area contributed by atoms with E-state index in [2.05, 4.69) is 14.8 Å². The minimum absolute atomic E-state index is 0.107. The smallest absolute Gasteiger partial charge is 0.322 e. The highest BCUT2D eigenvalue weighted by molar-refractivity contribution is 7.90. The number of hydrogen-bond acceptors (Lipinski definition) is 5. The first-order valence-electron chi connectivity index (χ1n) is 4.90. The molecule has 0 spiro atoms. The van der Waals surface area contributed by atoms with Gasteiger partial charge in [0.2, 0.25) is 10.0 Å². The van der Waals surface area contributed by atoms with Gasteiger partial charge >= 0.3 is 5.97 Å². The van der Waals surface area contributed by atoms with Crippen LogP contribution in [0.1, 0.15) is 13.3 Å². The molecule has 1 fully saturated rings. The molecule has 0 amide bonds. The maximum absolute atomic E-state index is 11.4. The first kappa shape index (κ1) is 12.4. The zero-order chi connectivity index (χ0) is 11.3. The lowest BCUT2D eigenvalue weighted by Gasteiger charge is -2.11. The van der Waals surface area contributed by atoms with Gasteiger partial charge in [0, 0.05) is 12.6 Å². The number of esters is 1. The van der Waals surface area contributed by atoms with Crippen molar-refractivity contribution < 1.29 is 17.9 Å². The molecule has 0 aromatic heterocycles. The van der Waals surface area contributed by atoms with Gasteiger partial charge in [0.05, 0.1) is 6.61 Å². The van der Waals surface area contributed by atoms with E-state index in [1.165, 1.54) is 0 Å². The molecule has 6 nitrogen and oxygen atoms in total. The highest BCUT2D eigenvalue weighted by atomic mass is 32.2. The van der Waals surface area contributed by atoms with Crippen LogP contribution >= 0.6 is 0 Å². The molecule has 2 N–H and O–H groups in total. The quantitative estimate of drug-likeness (QED) is 0.588. The molecular weight excluding hydrogens is 220 g/mol. The number of hydrogen-bond donors (Lipinski definition) is 2. The number of rotatable bonds is 5. The van der Waals surface area contributed by atoms with Crippen molar-refractivity contribution in [1.82, 2.24) is 10.0 Å². The Morgan fingerprint density at radius 2 is 2.33 bits per heavy atom. The average molecular weight is 236 g/mol. The van der Waals surface area contributed by atoms with Gasteiger partial charge in [-0.05, 0) is 19.9 Å². The Kier molecular flexibility index (Phi) is 4.49. The number of sulfonamides is 1. The standard InChI is InChI=1S/C8H16N2O4S/c1-2-14-8(11)6-15(12,13)10-7-3-4-9-5-7/h7,9-10H,2-6H2,1H3/t7-/m0/s1. The van der Waals surface area contributed by atoms with Crippen LogP contribution in [0.3, 0.4) is 0 Å². The minimum atomic E-state index is -3.55. The van der Waals surface area contributed by atoms with Gasteiger partial charge in [-0.25, -0.2) is 13.1 Å². The zero-order valence-electron chi connectivity index (χ0n) is 8.65. The molecule has 0 aromatic rings. The van der Waals surface area contributed by atoms with Crippen LogP contribution in [-0.4, -0.2) is 45.9 Å².